The number of nitrogens with one attached hydrogen (secondary N) is 2. The van der Waals surface area contributed by atoms with Gasteiger partial charge in [0.1, 0.15) is 5.75 Å². The number of aromatic amines is 1. The maximum atomic E-state index is 11.9. The van der Waals surface area contributed by atoms with E-state index >= 15 is 0 Å². The number of aryl methyl sites for hydroxylation is 1. The molecule has 3 rings (SSSR count). The Balaban J connectivity index is 1.30. The molecular formula is C20H23N5O2. The van der Waals surface area contributed by atoms with E-state index in [2.05, 4.69) is 50.2 Å². The Kier molecular flexibility index (Phi) is 6.92. The van der Waals surface area contributed by atoms with Crippen LogP contribution in [0.5, 0.6) is 5.75 Å². The van der Waals surface area contributed by atoms with Gasteiger partial charge < -0.3 is 10.1 Å². The first-order valence-corrected chi connectivity index (χ1v) is 9.15. The Morgan fingerprint density at radius 2 is 1.85 bits per heavy atom. The molecule has 3 aromatic rings. The van der Waals surface area contributed by atoms with Crippen LogP contribution >= 0.6 is 0 Å². The first-order chi connectivity index (χ1) is 13.3. The van der Waals surface area contributed by atoms with Crippen LogP contribution in [-0.2, 0) is 6.42 Å². The number of benzene rings is 2. The van der Waals surface area contributed by atoms with Gasteiger partial charge in [-0.25, -0.2) is 4.79 Å². The molecule has 7 heteroatoms. The average molecular weight is 365 g/mol. The number of aromatic nitrogens is 4. The van der Waals surface area contributed by atoms with Gasteiger partial charge in [-0.3, -0.25) is 0 Å². The van der Waals surface area contributed by atoms with Gasteiger partial charge in [-0.15, -0.1) is 10.2 Å². The summed E-state index contributed by atoms with van der Waals surface area (Å²) in [5.74, 6) is 0.897. The summed E-state index contributed by atoms with van der Waals surface area (Å²) in [6.45, 7) is 0.606. The molecule has 0 saturated heterocycles. The Morgan fingerprint density at radius 1 is 1.00 bits per heavy atom. The predicted octanol–water partition coefficient (Wildman–Crippen LogP) is 3.76. The van der Waals surface area contributed by atoms with Gasteiger partial charge in [0.15, 0.2) is 0 Å². The lowest BCUT2D eigenvalue weighted by molar-refractivity contribution is 0.200. The highest BCUT2D eigenvalue weighted by atomic mass is 16.6. The van der Waals surface area contributed by atoms with E-state index in [1.54, 1.807) is 18.2 Å². The molecule has 140 valence electrons. The van der Waals surface area contributed by atoms with Crippen molar-refractivity contribution >= 4 is 6.09 Å². The fourth-order valence-electron chi connectivity index (χ4n) is 2.77. The number of rotatable bonds is 9. The van der Waals surface area contributed by atoms with E-state index in [1.807, 2.05) is 12.1 Å². The lowest BCUT2D eigenvalue weighted by Gasteiger charge is -2.07. The van der Waals surface area contributed by atoms with Crippen molar-refractivity contribution in [1.82, 2.24) is 25.9 Å². The topological polar surface area (TPSA) is 92.8 Å². The largest absolute Gasteiger partial charge is 0.412 e. The molecule has 2 aromatic carbocycles. The molecule has 0 atom stereocenters. The second kappa shape index (κ2) is 10.1. The van der Waals surface area contributed by atoms with Crippen LogP contribution in [0.4, 0.5) is 4.79 Å². The summed E-state index contributed by atoms with van der Waals surface area (Å²) in [6.07, 6.45) is 4.99. The number of amides is 1. The zero-order chi connectivity index (χ0) is 18.7. The third-order valence-corrected chi connectivity index (χ3v) is 4.15. The van der Waals surface area contributed by atoms with Crippen LogP contribution in [0.3, 0.4) is 0 Å². The maximum absolute atomic E-state index is 11.9. The molecule has 27 heavy (non-hydrogen) atoms. The van der Waals surface area contributed by atoms with Crippen LogP contribution in [-0.4, -0.2) is 33.3 Å². The van der Waals surface area contributed by atoms with Crippen LogP contribution in [0, 0.1) is 0 Å². The molecule has 0 fully saturated rings. The van der Waals surface area contributed by atoms with Gasteiger partial charge in [0.2, 0.25) is 5.82 Å². The monoisotopic (exact) mass is 365 g/mol. The molecule has 1 heterocycles. The minimum atomic E-state index is -0.454. The van der Waals surface area contributed by atoms with Gasteiger partial charge in [0.25, 0.3) is 0 Å². The van der Waals surface area contributed by atoms with Crippen molar-refractivity contribution in [2.24, 2.45) is 0 Å². The highest BCUT2D eigenvalue weighted by Crippen LogP contribution is 2.20. The summed E-state index contributed by atoms with van der Waals surface area (Å²) in [7, 11) is 0. The van der Waals surface area contributed by atoms with E-state index in [0.717, 1.165) is 37.7 Å². The van der Waals surface area contributed by atoms with E-state index in [9.17, 15) is 4.79 Å². The smallest absolute Gasteiger partial charge is 0.410 e. The fraction of sp³-hybridized carbons (Fsp3) is 0.300. The fourth-order valence-corrected chi connectivity index (χ4v) is 2.77. The zero-order valence-electron chi connectivity index (χ0n) is 15.1. The number of hydrogen-bond acceptors (Lipinski definition) is 5. The summed E-state index contributed by atoms with van der Waals surface area (Å²) in [6, 6.07) is 17.5. The number of ether oxygens (including phenoxy) is 1. The molecule has 0 aliphatic heterocycles. The number of H-pyrrole nitrogens is 1. The van der Waals surface area contributed by atoms with Gasteiger partial charge >= 0.3 is 6.09 Å². The molecule has 0 saturated carbocycles. The Bertz CT molecular complexity index is 821. The predicted molar refractivity (Wildman–Crippen MR) is 102 cm³/mol. The molecule has 1 aromatic heterocycles. The molecule has 0 aliphatic carbocycles. The first kappa shape index (κ1) is 18.6. The van der Waals surface area contributed by atoms with E-state index in [4.69, 9.17) is 4.74 Å². The van der Waals surface area contributed by atoms with Crippen LogP contribution < -0.4 is 10.1 Å². The van der Waals surface area contributed by atoms with E-state index in [0.29, 0.717) is 18.1 Å². The maximum Gasteiger partial charge on any atom is 0.412 e. The molecular weight excluding hydrogens is 342 g/mol. The molecule has 1 amide bonds. The minimum absolute atomic E-state index is 0.442. The van der Waals surface area contributed by atoms with Crippen molar-refractivity contribution < 1.29 is 9.53 Å². The highest BCUT2D eigenvalue weighted by molar-refractivity contribution is 5.71. The van der Waals surface area contributed by atoms with Crippen molar-refractivity contribution in [3.05, 3.63) is 60.2 Å². The standard InChI is InChI=1S/C20H23N5O2/c26-20(21-14-7-2-1-4-9-16-10-5-3-6-11-16)27-18-13-8-12-17(15-18)19-22-24-25-23-19/h3,5-6,8,10-13,15H,1-2,4,7,9,14H2,(H,21,26)(H,22,23,24,25). The number of tetrazole rings is 1. The van der Waals surface area contributed by atoms with Crippen LogP contribution in [0.25, 0.3) is 11.4 Å². The van der Waals surface area contributed by atoms with Crippen LogP contribution in [0.1, 0.15) is 31.2 Å². The zero-order valence-corrected chi connectivity index (χ0v) is 15.1. The second-order valence-electron chi connectivity index (χ2n) is 6.23. The molecule has 0 bridgehead atoms. The SMILES string of the molecule is O=C(NCCCCCCc1ccccc1)Oc1cccc(-c2nn[nH]n2)c1. The number of unbranched alkanes of at least 4 members (excludes halogenated alkanes) is 3. The lowest BCUT2D eigenvalue weighted by atomic mass is 10.1. The van der Waals surface area contributed by atoms with Crippen molar-refractivity contribution in [3.63, 3.8) is 0 Å². The van der Waals surface area contributed by atoms with Gasteiger partial charge in [-0.2, -0.15) is 5.21 Å². The Labute approximate surface area is 158 Å². The quantitative estimate of drug-likeness (QED) is 0.563. The third-order valence-electron chi connectivity index (χ3n) is 4.15. The van der Waals surface area contributed by atoms with Gasteiger partial charge in [-0.05, 0) is 42.2 Å². The lowest BCUT2D eigenvalue weighted by Crippen LogP contribution is -2.27. The van der Waals surface area contributed by atoms with Crippen LogP contribution in [0.2, 0.25) is 0 Å². The summed E-state index contributed by atoms with van der Waals surface area (Å²) < 4.78 is 5.30. The molecule has 0 spiro atoms. The van der Waals surface area contributed by atoms with Gasteiger partial charge in [-0.1, -0.05) is 55.3 Å². The Morgan fingerprint density at radius 3 is 2.67 bits per heavy atom. The van der Waals surface area contributed by atoms with Crippen molar-refractivity contribution in [1.29, 1.82) is 0 Å². The average Bonchev–Trinajstić information content (AvgIpc) is 3.23. The van der Waals surface area contributed by atoms with Crippen molar-refractivity contribution in [2.45, 2.75) is 32.1 Å². The van der Waals surface area contributed by atoms with E-state index in [1.165, 1.54) is 5.56 Å². The molecule has 7 nitrogen and oxygen atoms in total. The molecule has 0 radical (unpaired) electrons. The minimum Gasteiger partial charge on any atom is -0.410 e. The molecule has 0 aliphatic rings. The summed E-state index contributed by atoms with van der Waals surface area (Å²) in [5, 5.41) is 16.5. The molecule has 2 N–H and O–H groups in total. The van der Waals surface area contributed by atoms with Crippen molar-refractivity contribution in [2.75, 3.05) is 6.54 Å². The summed E-state index contributed by atoms with van der Waals surface area (Å²) in [4.78, 5) is 11.9. The van der Waals surface area contributed by atoms with E-state index < -0.39 is 6.09 Å². The Hall–Kier alpha value is -3.22. The third kappa shape index (κ3) is 6.22. The first-order valence-electron chi connectivity index (χ1n) is 9.15. The van der Waals surface area contributed by atoms with Gasteiger partial charge in [0, 0.05) is 12.1 Å². The van der Waals surface area contributed by atoms with Crippen LogP contribution in [0.15, 0.2) is 54.6 Å². The van der Waals surface area contributed by atoms with Gasteiger partial charge in [0.05, 0.1) is 0 Å². The number of carbonyl (C=O) groups is 1. The normalized spacial score (nSPS) is 10.5. The van der Waals surface area contributed by atoms with E-state index in [-0.39, 0.29) is 0 Å². The van der Waals surface area contributed by atoms with Crippen molar-refractivity contribution in [3.8, 4) is 17.1 Å². The summed E-state index contributed by atoms with van der Waals surface area (Å²) >= 11 is 0. The summed E-state index contributed by atoms with van der Waals surface area (Å²) in [5.41, 5.74) is 2.11. The highest BCUT2D eigenvalue weighted by Gasteiger charge is 2.07. The number of hydrogen-bond donors (Lipinski definition) is 2. The number of nitrogens with zero attached hydrogens (tertiary/aromatic N) is 3. The number of carbonyl (C=O) groups excluding carboxylic acids is 1. The molecule has 0 unspecified atom stereocenters. The second-order valence-corrected chi connectivity index (χ2v) is 6.23.